The van der Waals surface area contributed by atoms with E-state index in [1.807, 2.05) is 32.9 Å². The molecule has 0 saturated heterocycles. The van der Waals surface area contributed by atoms with Crippen molar-refractivity contribution >= 4 is 17.5 Å². The van der Waals surface area contributed by atoms with Gasteiger partial charge in [0, 0.05) is 17.0 Å². The fourth-order valence-corrected chi connectivity index (χ4v) is 1.98. The Morgan fingerprint density at radius 3 is 2.81 bits per heavy atom. The van der Waals surface area contributed by atoms with Crippen molar-refractivity contribution < 1.29 is 9.32 Å². The van der Waals surface area contributed by atoms with Crippen LogP contribution in [0.3, 0.4) is 0 Å². The van der Waals surface area contributed by atoms with Gasteiger partial charge in [-0.3, -0.25) is 4.79 Å². The minimum atomic E-state index is -0.0507. The number of carbonyl (C=O) groups is 1. The standard InChI is InChI=1S/C15H18ClN3O2/c1-15(2,3)8-12(20)17-9-13-18-14(19-21-13)10-5-4-6-11(16)7-10/h4-7H,8-9H2,1-3H3,(H,17,20). The predicted molar refractivity (Wildman–Crippen MR) is 80.7 cm³/mol. The Balaban J connectivity index is 1.96. The Morgan fingerprint density at radius 1 is 1.38 bits per heavy atom. The molecule has 0 aliphatic carbocycles. The van der Waals surface area contributed by atoms with Gasteiger partial charge in [0.25, 0.3) is 0 Å². The molecule has 1 aromatic heterocycles. The Labute approximate surface area is 128 Å². The van der Waals surface area contributed by atoms with Crippen LogP contribution in [0.2, 0.25) is 5.02 Å². The van der Waals surface area contributed by atoms with E-state index >= 15 is 0 Å². The first kappa shape index (κ1) is 15.5. The van der Waals surface area contributed by atoms with E-state index in [0.29, 0.717) is 23.2 Å². The van der Waals surface area contributed by atoms with Crippen molar-refractivity contribution in [3.8, 4) is 11.4 Å². The lowest BCUT2D eigenvalue weighted by Crippen LogP contribution is -2.27. The molecule has 6 heteroatoms. The summed E-state index contributed by atoms with van der Waals surface area (Å²) in [5, 5.41) is 7.26. The molecule has 1 N–H and O–H groups in total. The number of halogens is 1. The van der Waals surface area contributed by atoms with Crippen LogP contribution in [0.25, 0.3) is 11.4 Å². The third kappa shape index (κ3) is 4.86. The second kappa shape index (κ2) is 6.26. The van der Waals surface area contributed by atoms with Gasteiger partial charge < -0.3 is 9.84 Å². The fourth-order valence-electron chi connectivity index (χ4n) is 1.79. The first-order valence-corrected chi connectivity index (χ1v) is 7.06. The van der Waals surface area contributed by atoms with Gasteiger partial charge in [-0.05, 0) is 17.5 Å². The average molecular weight is 308 g/mol. The van der Waals surface area contributed by atoms with Crippen LogP contribution in [-0.2, 0) is 11.3 Å². The Hall–Kier alpha value is -1.88. The molecule has 0 aliphatic rings. The summed E-state index contributed by atoms with van der Waals surface area (Å²) in [5.41, 5.74) is 0.726. The molecule has 0 spiro atoms. The van der Waals surface area contributed by atoms with Crippen LogP contribution in [-0.4, -0.2) is 16.0 Å². The molecule has 5 nitrogen and oxygen atoms in total. The summed E-state index contributed by atoms with van der Waals surface area (Å²) in [5.74, 6) is 0.787. The van der Waals surface area contributed by atoms with E-state index in [0.717, 1.165) is 5.56 Å². The van der Waals surface area contributed by atoms with Crippen molar-refractivity contribution in [1.82, 2.24) is 15.5 Å². The van der Waals surface area contributed by atoms with Crippen molar-refractivity contribution in [1.29, 1.82) is 0 Å². The summed E-state index contributed by atoms with van der Waals surface area (Å²) < 4.78 is 5.12. The average Bonchev–Trinajstić information content (AvgIpc) is 2.83. The number of nitrogens with one attached hydrogen (secondary N) is 1. The maximum absolute atomic E-state index is 11.7. The summed E-state index contributed by atoms with van der Waals surface area (Å²) in [6.07, 6.45) is 0.447. The minimum Gasteiger partial charge on any atom is -0.347 e. The fraction of sp³-hybridized carbons (Fsp3) is 0.400. The van der Waals surface area contributed by atoms with Crippen LogP contribution in [0.15, 0.2) is 28.8 Å². The van der Waals surface area contributed by atoms with Gasteiger partial charge in [-0.15, -0.1) is 0 Å². The van der Waals surface area contributed by atoms with Crippen molar-refractivity contribution in [2.24, 2.45) is 5.41 Å². The maximum atomic E-state index is 11.7. The largest absolute Gasteiger partial charge is 0.347 e. The molecule has 2 aromatic rings. The van der Waals surface area contributed by atoms with Crippen molar-refractivity contribution in [3.05, 3.63) is 35.2 Å². The first-order chi connectivity index (χ1) is 9.83. The van der Waals surface area contributed by atoms with E-state index in [1.54, 1.807) is 12.1 Å². The molecular formula is C15H18ClN3O2. The van der Waals surface area contributed by atoms with E-state index in [1.165, 1.54) is 0 Å². The highest BCUT2D eigenvalue weighted by atomic mass is 35.5. The number of hydrogen-bond donors (Lipinski definition) is 1. The lowest BCUT2D eigenvalue weighted by molar-refractivity contribution is -0.123. The zero-order chi connectivity index (χ0) is 15.5. The third-order valence-corrected chi connectivity index (χ3v) is 2.91. The van der Waals surface area contributed by atoms with Crippen LogP contribution < -0.4 is 5.32 Å². The van der Waals surface area contributed by atoms with Gasteiger partial charge in [-0.2, -0.15) is 4.98 Å². The predicted octanol–water partition coefficient (Wildman–Crippen LogP) is 3.44. The molecule has 0 radical (unpaired) electrons. The second-order valence-electron chi connectivity index (χ2n) is 6.04. The zero-order valence-electron chi connectivity index (χ0n) is 12.3. The Kier molecular flexibility index (Phi) is 4.63. The topological polar surface area (TPSA) is 68.0 Å². The molecule has 0 atom stereocenters. The van der Waals surface area contributed by atoms with Crippen LogP contribution in [0.1, 0.15) is 33.1 Å². The summed E-state index contributed by atoms with van der Waals surface area (Å²) in [7, 11) is 0. The number of benzene rings is 1. The van der Waals surface area contributed by atoms with E-state index in [4.69, 9.17) is 16.1 Å². The van der Waals surface area contributed by atoms with Gasteiger partial charge in [0.15, 0.2) is 0 Å². The molecule has 1 amide bonds. The minimum absolute atomic E-state index is 0.0370. The molecule has 2 rings (SSSR count). The molecule has 0 unspecified atom stereocenters. The maximum Gasteiger partial charge on any atom is 0.246 e. The number of nitrogens with zero attached hydrogens (tertiary/aromatic N) is 2. The second-order valence-corrected chi connectivity index (χ2v) is 6.47. The van der Waals surface area contributed by atoms with Crippen LogP contribution >= 0.6 is 11.6 Å². The monoisotopic (exact) mass is 307 g/mol. The van der Waals surface area contributed by atoms with Crippen LogP contribution in [0.5, 0.6) is 0 Å². The van der Waals surface area contributed by atoms with Gasteiger partial charge in [0.2, 0.25) is 17.6 Å². The van der Waals surface area contributed by atoms with Crippen molar-refractivity contribution in [2.45, 2.75) is 33.7 Å². The van der Waals surface area contributed by atoms with E-state index in [2.05, 4.69) is 15.5 Å². The first-order valence-electron chi connectivity index (χ1n) is 6.69. The number of hydrogen-bond acceptors (Lipinski definition) is 4. The summed E-state index contributed by atoms with van der Waals surface area (Å²) >= 11 is 5.92. The highest BCUT2D eigenvalue weighted by Crippen LogP contribution is 2.20. The van der Waals surface area contributed by atoms with Gasteiger partial charge in [-0.1, -0.05) is 49.7 Å². The highest BCUT2D eigenvalue weighted by Gasteiger charge is 2.16. The molecule has 0 saturated carbocycles. The molecule has 0 bridgehead atoms. The van der Waals surface area contributed by atoms with Crippen molar-refractivity contribution in [3.63, 3.8) is 0 Å². The van der Waals surface area contributed by atoms with Gasteiger partial charge in [0.1, 0.15) is 0 Å². The summed E-state index contributed by atoms with van der Waals surface area (Å²) in [6, 6.07) is 7.20. The van der Waals surface area contributed by atoms with Crippen LogP contribution in [0.4, 0.5) is 0 Å². The third-order valence-electron chi connectivity index (χ3n) is 2.68. The van der Waals surface area contributed by atoms with E-state index < -0.39 is 0 Å². The van der Waals surface area contributed by atoms with E-state index in [9.17, 15) is 4.79 Å². The Morgan fingerprint density at radius 2 is 2.14 bits per heavy atom. The highest BCUT2D eigenvalue weighted by molar-refractivity contribution is 6.30. The number of aromatic nitrogens is 2. The van der Waals surface area contributed by atoms with Crippen molar-refractivity contribution in [2.75, 3.05) is 0 Å². The lowest BCUT2D eigenvalue weighted by Gasteiger charge is -2.16. The molecular weight excluding hydrogens is 290 g/mol. The normalized spacial score (nSPS) is 11.4. The number of rotatable bonds is 4. The molecule has 21 heavy (non-hydrogen) atoms. The molecule has 112 valence electrons. The lowest BCUT2D eigenvalue weighted by atomic mass is 9.92. The van der Waals surface area contributed by atoms with Gasteiger partial charge in [0.05, 0.1) is 6.54 Å². The molecule has 1 heterocycles. The van der Waals surface area contributed by atoms with E-state index in [-0.39, 0.29) is 17.9 Å². The zero-order valence-corrected chi connectivity index (χ0v) is 13.1. The summed E-state index contributed by atoms with van der Waals surface area (Å²) in [4.78, 5) is 16.0. The summed E-state index contributed by atoms with van der Waals surface area (Å²) in [6.45, 7) is 6.26. The van der Waals surface area contributed by atoms with Gasteiger partial charge >= 0.3 is 0 Å². The number of amides is 1. The quantitative estimate of drug-likeness (QED) is 0.939. The SMILES string of the molecule is CC(C)(C)CC(=O)NCc1nc(-c2cccc(Cl)c2)no1. The molecule has 0 aliphatic heterocycles. The number of carbonyl (C=O) groups excluding carboxylic acids is 1. The smallest absolute Gasteiger partial charge is 0.246 e. The van der Waals surface area contributed by atoms with Gasteiger partial charge in [-0.25, -0.2) is 0 Å². The molecule has 1 aromatic carbocycles. The van der Waals surface area contributed by atoms with Crippen LogP contribution in [0, 0.1) is 5.41 Å². The Bertz CT molecular complexity index is 632. The molecule has 0 fully saturated rings.